The molecule has 0 amide bonds. The van der Waals surface area contributed by atoms with Gasteiger partial charge in [-0.1, -0.05) is 13.8 Å². The van der Waals surface area contributed by atoms with Gasteiger partial charge in [0.25, 0.3) is 0 Å². The summed E-state index contributed by atoms with van der Waals surface area (Å²) in [5.41, 5.74) is 4.92. The normalized spacial score (nSPS) is 14.7. The van der Waals surface area contributed by atoms with Crippen molar-refractivity contribution in [3.8, 4) is 0 Å². The number of esters is 1. The van der Waals surface area contributed by atoms with Crippen LogP contribution >= 0.6 is 0 Å². The average Bonchev–Trinajstić information content (AvgIpc) is 2.23. The zero-order chi connectivity index (χ0) is 13.3. The van der Waals surface area contributed by atoms with Crippen molar-refractivity contribution in [1.82, 2.24) is 0 Å². The lowest BCUT2D eigenvalue weighted by Crippen LogP contribution is -2.47. The van der Waals surface area contributed by atoms with Gasteiger partial charge in [0, 0.05) is 13.2 Å². The predicted octanol–water partition coefficient (Wildman–Crippen LogP) is 2.11. The van der Waals surface area contributed by atoms with Crippen LogP contribution in [0.1, 0.15) is 47.0 Å². The molecule has 1 unspecified atom stereocenters. The number of nitrogens with two attached hydrogens (primary N) is 1. The van der Waals surface area contributed by atoms with E-state index in [2.05, 4.69) is 13.8 Å². The molecule has 0 heterocycles. The third kappa shape index (κ3) is 8.16. The van der Waals surface area contributed by atoms with Crippen molar-refractivity contribution < 1.29 is 14.3 Å². The molecule has 0 bridgehead atoms. The van der Waals surface area contributed by atoms with E-state index in [0.717, 1.165) is 19.4 Å². The van der Waals surface area contributed by atoms with E-state index in [1.165, 1.54) is 0 Å². The van der Waals surface area contributed by atoms with Gasteiger partial charge in [0.2, 0.25) is 0 Å². The molecule has 4 heteroatoms. The zero-order valence-corrected chi connectivity index (χ0v) is 11.6. The summed E-state index contributed by atoms with van der Waals surface area (Å²) in [6.07, 6.45) is 2.71. The minimum Gasteiger partial charge on any atom is -0.465 e. The van der Waals surface area contributed by atoms with Gasteiger partial charge in [0.1, 0.15) is 5.54 Å². The molecule has 0 saturated carbocycles. The van der Waals surface area contributed by atoms with E-state index in [4.69, 9.17) is 15.2 Å². The van der Waals surface area contributed by atoms with Gasteiger partial charge in [-0.05, 0) is 39.0 Å². The van der Waals surface area contributed by atoms with Gasteiger partial charge >= 0.3 is 5.97 Å². The molecule has 1 atom stereocenters. The molecule has 102 valence electrons. The molecule has 2 N–H and O–H groups in total. The van der Waals surface area contributed by atoms with E-state index >= 15 is 0 Å². The molecule has 0 aliphatic carbocycles. The van der Waals surface area contributed by atoms with Crippen LogP contribution in [0.2, 0.25) is 0 Å². The maximum absolute atomic E-state index is 11.5. The fourth-order valence-corrected chi connectivity index (χ4v) is 1.38. The zero-order valence-electron chi connectivity index (χ0n) is 11.6. The topological polar surface area (TPSA) is 61.5 Å². The fourth-order valence-electron chi connectivity index (χ4n) is 1.38. The number of hydrogen-bond donors (Lipinski definition) is 1. The maximum atomic E-state index is 11.5. The van der Waals surface area contributed by atoms with Gasteiger partial charge in [0.05, 0.1) is 6.61 Å². The molecule has 0 aliphatic heterocycles. The lowest BCUT2D eigenvalue weighted by molar-refractivity contribution is -0.149. The minimum atomic E-state index is -0.936. The number of rotatable bonds is 9. The second kappa shape index (κ2) is 8.48. The molecule has 4 nitrogen and oxygen atoms in total. The molecule has 0 aromatic carbocycles. The van der Waals surface area contributed by atoms with Gasteiger partial charge in [-0.2, -0.15) is 0 Å². The summed E-state index contributed by atoms with van der Waals surface area (Å²) in [6.45, 7) is 9.44. The molecule has 0 saturated heterocycles. The van der Waals surface area contributed by atoms with Crippen molar-refractivity contribution >= 4 is 5.97 Å². The van der Waals surface area contributed by atoms with Crippen molar-refractivity contribution in [3.63, 3.8) is 0 Å². The molecular formula is C13H27NO3. The van der Waals surface area contributed by atoms with Gasteiger partial charge in [-0.3, -0.25) is 4.79 Å². The molecule has 0 aromatic heterocycles. The van der Waals surface area contributed by atoms with Crippen molar-refractivity contribution in [1.29, 1.82) is 0 Å². The molecular weight excluding hydrogens is 218 g/mol. The molecule has 0 spiro atoms. The van der Waals surface area contributed by atoms with Crippen LogP contribution in [0, 0.1) is 5.92 Å². The Labute approximate surface area is 105 Å². The second-order valence-electron chi connectivity index (χ2n) is 5.04. The monoisotopic (exact) mass is 245 g/mol. The number of carbonyl (C=O) groups excluding carboxylic acids is 1. The first kappa shape index (κ1) is 16.4. The smallest absolute Gasteiger partial charge is 0.325 e. The Hall–Kier alpha value is -0.610. The Bertz CT molecular complexity index is 215. The van der Waals surface area contributed by atoms with Crippen LogP contribution in [0.15, 0.2) is 0 Å². The van der Waals surface area contributed by atoms with Gasteiger partial charge in [-0.25, -0.2) is 0 Å². The lowest BCUT2D eigenvalue weighted by Gasteiger charge is -2.21. The first-order valence-electron chi connectivity index (χ1n) is 6.44. The largest absolute Gasteiger partial charge is 0.465 e. The summed E-state index contributed by atoms with van der Waals surface area (Å²) in [7, 11) is 0. The van der Waals surface area contributed by atoms with Gasteiger partial charge in [-0.15, -0.1) is 0 Å². The van der Waals surface area contributed by atoms with Crippen LogP contribution in [-0.2, 0) is 14.3 Å². The van der Waals surface area contributed by atoms with Crippen LogP contribution in [-0.4, -0.2) is 31.3 Å². The fraction of sp³-hybridized carbons (Fsp3) is 0.923. The quantitative estimate of drug-likeness (QED) is 0.499. The third-order valence-corrected chi connectivity index (χ3v) is 2.58. The van der Waals surface area contributed by atoms with Crippen molar-refractivity contribution in [2.75, 3.05) is 19.8 Å². The highest BCUT2D eigenvalue weighted by Crippen LogP contribution is 2.09. The summed E-state index contributed by atoms with van der Waals surface area (Å²) in [5, 5.41) is 0. The standard InChI is InChI=1S/C13H27NO3/c1-5-17-12(15)13(4,14)8-10-16-9-6-7-11(2)3/h11H,5-10,14H2,1-4H3. The Kier molecular flexibility index (Phi) is 8.17. The van der Waals surface area contributed by atoms with E-state index in [1.807, 2.05) is 0 Å². The molecule has 0 radical (unpaired) electrons. The van der Waals surface area contributed by atoms with Crippen molar-refractivity contribution in [2.45, 2.75) is 52.5 Å². The average molecular weight is 245 g/mol. The van der Waals surface area contributed by atoms with Crippen LogP contribution in [0.5, 0.6) is 0 Å². The van der Waals surface area contributed by atoms with Crippen LogP contribution in [0.3, 0.4) is 0 Å². The summed E-state index contributed by atoms with van der Waals surface area (Å²) < 4.78 is 10.4. The van der Waals surface area contributed by atoms with Crippen LogP contribution in [0.4, 0.5) is 0 Å². The van der Waals surface area contributed by atoms with Crippen molar-refractivity contribution in [3.05, 3.63) is 0 Å². The van der Waals surface area contributed by atoms with E-state index in [-0.39, 0.29) is 5.97 Å². The van der Waals surface area contributed by atoms with E-state index in [0.29, 0.717) is 25.6 Å². The summed E-state index contributed by atoms with van der Waals surface area (Å²) in [4.78, 5) is 11.5. The summed E-state index contributed by atoms with van der Waals surface area (Å²) in [6, 6.07) is 0. The maximum Gasteiger partial charge on any atom is 0.325 e. The van der Waals surface area contributed by atoms with Crippen LogP contribution in [0.25, 0.3) is 0 Å². The number of carbonyl (C=O) groups is 1. The SMILES string of the molecule is CCOC(=O)C(C)(N)CCOCCCC(C)C. The van der Waals surface area contributed by atoms with Crippen LogP contribution < -0.4 is 5.73 Å². The van der Waals surface area contributed by atoms with Gasteiger partial charge < -0.3 is 15.2 Å². The van der Waals surface area contributed by atoms with E-state index < -0.39 is 5.54 Å². The van der Waals surface area contributed by atoms with Crippen molar-refractivity contribution in [2.24, 2.45) is 11.7 Å². The molecule has 0 rings (SSSR count). The Morgan fingerprint density at radius 3 is 2.53 bits per heavy atom. The third-order valence-electron chi connectivity index (χ3n) is 2.58. The first-order chi connectivity index (χ1) is 7.90. The molecule has 0 aromatic rings. The molecule has 0 aliphatic rings. The number of hydrogen-bond acceptors (Lipinski definition) is 4. The summed E-state index contributed by atoms with van der Waals surface area (Å²) >= 11 is 0. The lowest BCUT2D eigenvalue weighted by atomic mass is 10.0. The highest BCUT2D eigenvalue weighted by Gasteiger charge is 2.29. The summed E-state index contributed by atoms with van der Waals surface area (Å²) in [5.74, 6) is 0.351. The van der Waals surface area contributed by atoms with Gasteiger partial charge in [0.15, 0.2) is 0 Å². The highest BCUT2D eigenvalue weighted by atomic mass is 16.5. The first-order valence-corrected chi connectivity index (χ1v) is 6.44. The Morgan fingerprint density at radius 2 is 2.00 bits per heavy atom. The second-order valence-corrected chi connectivity index (χ2v) is 5.04. The minimum absolute atomic E-state index is 0.356. The Balaban J connectivity index is 3.62. The van der Waals surface area contributed by atoms with E-state index in [1.54, 1.807) is 13.8 Å². The Morgan fingerprint density at radius 1 is 1.35 bits per heavy atom. The molecule has 0 fully saturated rings. The highest BCUT2D eigenvalue weighted by molar-refractivity contribution is 5.79. The van der Waals surface area contributed by atoms with E-state index in [9.17, 15) is 4.79 Å². The number of ether oxygens (including phenoxy) is 2. The predicted molar refractivity (Wildman–Crippen MR) is 68.7 cm³/mol. The molecule has 17 heavy (non-hydrogen) atoms.